The van der Waals surface area contributed by atoms with E-state index < -0.39 is 12.0 Å². The van der Waals surface area contributed by atoms with Gasteiger partial charge >= 0.3 is 5.97 Å². The smallest absolute Gasteiger partial charge is 0.330 e. The van der Waals surface area contributed by atoms with Crippen molar-refractivity contribution in [3.63, 3.8) is 0 Å². The van der Waals surface area contributed by atoms with Crippen LogP contribution in [-0.4, -0.2) is 11.1 Å². The molecule has 19 heavy (non-hydrogen) atoms. The Labute approximate surface area is 127 Å². The van der Waals surface area contributed by atoms with E-state index in [0.717, 1.165) is 14.6 Å². The maximum Gasteiger partial charge on any atom is 0.330 e. The van der Waals surface area contributed by atoms with E-state index in [1.165, 1.54) is 0 Å². The first kappa shape index (κ1) is 14.1. The van der Waals surface area contributed by atoms with E-state index >= 15 is 0 Å². The second-order valence-electron chi connectivity index (χ2n) is 3.95. The summed E-state index contributed by atoms with van der Waals surface area (Å²) in [6, 6.07) is 13.9. The van der Waals surface area contributed by atoms with Crippen molar-refractivity contribution in [2.75, 3.05) is 5.32 Å². The molecule has 2 rings (SSSR count). The summed E-state index contributed by atoms with van der Waals surface area (Å²) < 4.78 is 1.67. The van der Waals surface area contributed by atoms with E-state index in [9.17, 15) is 9.90 Å². The molecule has 0 heterocycles. The van der Waals surface area contributed by atoms with Crippen molar-refractivity contribution in [1.29, 1.82) is 0 Å². The summed E-state index contributed by atoms with van der Waals surface area (Å²) in [4.78, 5) is 11.4. The molecule has 0 radical (unpaired) electrons. The van der Waals surface area contributed by atoms with Gasteiger partial charge < -0.3 is 10.4 Å². The number of halogens is 2. The highest BCUT2D eigenvalue weighted by Gasteiger charge is 2.21. The van der Waals surface area contributed by atoms with Crippen molar-refractivity contribution in [2.45, 2.75) is 6.04 Å². The lowest BCUT2D eigenvalue weighted by Gasteiger charge is -2.17. The van der Waals surface area contributed by atoms with Crippen LogP contribution in [0.25, 0.3) is 0 Å². The average Bonchev–Trinajstić information content (AvgIpc) is 2.37. The molecule has 0 spiro atoms. The van der Waals surface area contributed by atoms with Crippen LogP contribution in [0.5, 0.6) is 0 Å². The Morgan fingerprint density at radius 3 is 2.47 bits per heavy atom. The van der Waals surface area contributed by atoms with Gasteiger partial charge in [0.15, 0.2) is 6.04 Å². The monoisotopic (exact) mass is 383 g/mol. The molecule has 98 valence electrons. The van der Waals surface area contributed by atoms with Crippen LogP contribution < -0.4 is 5.32 Å². The van der Waals surface area contributed by atoms with Crippen LogP contribution >= 0.6 is 31.9 Å². The Morgan fingerprint density at radius 2 is 1.84 bits per heavy atom. The van der Waals surface area contributed by atoms with E-state index in [0.29, 0.717) is 5.56 Å². The molecule has 0 saturated carbocycles. The van der Waals surface area contributed by atoms with Crippen molar-refractivity contribution in [3.05, 3.63) is 63.0 Å². The molecule has 5 heteroatoms. The minimum atomic E-state index is -0.924. The van der Waals surface area contributed by atoms with Gasteiger partial charge in [-0.05, 0) is 29.8 Å². The highest BCUT2D eigenvalue weighted by atomic mass is 79.9. The molecule has 0 amide bonds. The van der Waals surface area contributed by atoms with Crippen molar-refractivity contribution in [1.82, 2.24) is 0 Å². The van der Waals surface area contributed by atoms with Crippen LogP contribution in [-0.2, 0) is 4.79 Å². The lowest BCUT2D eigenvalue weighted by Crippen LogP contribution is -2.20. The van der Waals surface area contributed by atoms with Crippen LogP contribution in [0.3, 0.4) is 0 Å². The number of carboxylic acid groups (broad SMARTS) is 1. The standard InChI is InChI=1S/C14H11Br2NO2/c15-9-4-3-5-10(8-9)17-13(14(18)19)11-6-1-2-7-12(11)16/h1-8,13,17H,(H,18,19). The second kappa shape index (κ2) is 6.21. The number of nitrogens with one attached hydrogen (secondary N) is 1. The third-order valence-corrected chi connectivity index (χ3v) is 3.81. The quantitative estimate of drug-likeness (QED) is 0.818. The summed E-state index contributed by atoms with van der Waals surface area (Å²) in [5.41, 5.74) is 1.44. The predicted molar refractivity (Wildman–Crippen MR) is 82.3 cm³/mol. The minimum absolute atomic E-state index is 0.690. The van der Waals surface area contributed by atoms with Crippen molar-refractivity contribution >= 4 is 43.5 Å². The van der Waals surface area contributed by atoms with Gasteiger partial charge in [0.05, 0.1) is 0 Å². The Hall–Kier alpha value is -1.33. The molecule has 3 nitrogen and oxygen atoms in total. The Bertz CT molecular complexity index is 602. The van der Waals surface area contributed by atoms with E-state index in [2.05, 4.69) is 37.2 Å². The molecule has 0 aliphatic carbocycles. The average molecular weight is 385 g/mol. The lowest BCUT2D eigenvalue weighted by atomic mass is 10.1. The molecule has 0 saturated heterocycles. The molecular weight excluding hydrogens is 374 g/mol. The molecule has 1 unspecified atom stereocenters. The van der Waals surface area contributed by atoms with Gasteiger partial charge in [0.2, 0.25) is 0 Å². The molecule has 1 atom stereocenters. The number of hydrogen-bond donors (Lipinski definition) is 2. The van der Waals surface area contributed by atoms with Crippen LogP contribution in [0.1, 0.15) is 11.6 Å². The fraction of sp³-hybridized carbons (Fsp3) is 0.0714. The van der Waals surface area contributed by atoms with Gasteiger partial charge in [0, 0.05) is 14.6 Å². The van der Waals surface area contributed by atoms with Gasteiger partial charge in [-0.25, -0.2) is 4.79 Å². The molecule has 0 aliphatic rings. The zero-order valence-corrected chi connectivity index (χ0v) is 13.0. The highest BCUT2D eigenvalue weighted by molar-refractivity contribution is 9.10. The largest absolute Gasteiger partial charge is 0.479 e. The van der Waals surface area contributed by atoms with Gasteiger partial charge in [-0.15, -0.1) is 0 Å². The number of anilines is 1. The van der Waals surface area contributed by atoms with Gasteiger partial charge in [-0.3, -0.25) is 0 Å². The van der Waals surface area contributed by atoms with Crippen LogP contribution in [0, 0.1) is 0 Å². The van der Waals surface area contributed by atoms with Gasteiger partial charge in [-0.2, -0.15) is 0 Å². The topological polar surface area (TPSA) is 49.3 Å². The summed E-state index contributed by atoms with van der Waals surface area (Å²) in [5, 5.41) is 12.4. The molecule has 0 bridgehead atoms. The van der Waals surface area contributed by atoms with E-state index in [-0.39, 0.29) is 0 Å². The highest BCUT2D eigenvalue weighted by Crippen LogP contribution is 2.27. The van der Waals surface area contributed by atoms with E-state index in [4.69, 9.17) is 0 Å². The number of carbonyl (C=O) groups is 1. The van der Waals surface area contributed by atoms with Crippen molar-refractivity contribution in [3.8, 4) is 0 Å². The first-order chi connectivity index (χ1) is 9.08. The Kier molecular flexibility index (Phi) is 4.61. The molecule has 2 N–H and O–H groups in total. The normalized spacial score (nSPS) is 11.9. The summed E-state index contributed by atoms with van der Waals surface area (Å²) in [6.45, 7) is 0. The maximum atomic E-state index is 11.4. The summed E-state index contributed by atoms with van der Waals surface area (Å²) in [5.74, 6) is -0.924. The minimum Gasteiger partial charge on any atom is -0.479 e. The fourth-order valence-electron chi connectivity index (χ4n) is 1.73. The maximum absolute atomic E-state index is 11.4. The van der Waals surface area contributed by atoms with E-state index in [1.807, 2.05) is 42.5 Å². The van der Waals surface area contributed by atoms with Crippen LogP contribution in [0.4, 0.5) is 5.69 Å². The van der Waals surface area contributed by atoms with Crippen molar-refractivity contribution < 1.29 is 9.90 Å². The zero-order valence-electron chi connectivity index (χ0n) is 9.81. The second-order valence-corrected chi connectivity index (χ2v) is 5.72. The third kappa shape index (κ3) is 3.58. The SMILES string of the molecule is O=C(O)C(Nc1cccc(Br)c1)c1ccccc1Br. The Morgan fingerprint density at radius 1 is 1.11 bits per heavy atom. The molecular formula is C14H11Br2NO2. The van der Waals surface area contributed by atoms with Gasteiger partial charge in [0.1, 0.15) is 0 Å². The van der Waals surface area contributed by atoms with Gasteiger partial charge in [-0.1, -0.05) is 56.1 Å². The molecule has 2 aromatic rings. The number of carboxylic acids is 1. The van der Waals surface area contributed by atoms with E-state index in [1.54, 1.807) is 6.07 Å². The molecule has 0 aromatic heterocycles. The molecule has 0 fully saturated rings. The first-order valence-corrected chi connectivity index (χ1v) is 7.16. The number of hydrogen-bond acceptors (Lipinski definition) is 2. The third-order valence-electron chi connectivity index (χ3n) is 2.60. The van der Waals surface area contributed by atoms with Crippen LogP contribution in [0.2, 0.25) is 0 Å². The summed E-state index contributed by atoms with van der Waals surface area (Å²) in [7, 11) is 0. The Balaban J connectivity index is 2.32. The zero-order chi connectivity index (χ0) is 13.8. The predicted octanol–water partition coefficient (Wildman–Crippen LogP) is 4.45. The fourth-order valence-corrected chi connectivity index (χ4v) is 2.64. The summed E-state index contributed by atoms with van der Waals surface area (Å²) in [6.07, 6.45) is 0. The van der Waals surface area contributed by atoms with Crippen LogP contribution in [0.15, 0.2) is 57.5 Å². The number of rotatable bonds is 4. The van der Waals surface area contributed by atoms with Gasteiger partial charge in [0.25, 0.3) is 0 Å². The molecule has 2 aromatic carbocycles. The molecule has 0 aliphatic heterocycles. The first-order valence-electron chi connectivity index (χ1n) is 5.57. The summed E-state index contributed by atoms with van der Waals surface area (Å²) >= 11 is 6.74. The number of benzene rings is 2. The van der Waals surface area contributed by atoms with Crippen molar-refractivity contribution in [2.24, 2.45) is 0 Å². The number of aliphatic carboxylic acids is 1. The lowest BCUT2D eigenvalue weighted by molar-refractivity contribution is -0.138.